The zero-order valence-corrected chi connectivity index (χ0v) is 9.80. The highest BCUT2D eigenvalue weighted by molar-refractivity contribution is 5.21. The maximum atomic E-state index is 11.7. The first-order valence-electron chi connectivity index (χ1n) is 5.49. The van der Waals surface area contributed by atoms with Crippen LogP contribution >= 0.6 is 0 Å². The molecule has 1 aliphatic heterocycles. The number of ether oxygens (including phenoxy) is 1. The van der Waals surface area contributed by atoms with Crippen LogP contribution < -0.4 is 5.56 Å². The van der Waals surface area contributed by atoms with Crippen LogP contribution in [0.5, 0.6) is 5.75 Å². The highest BCUT2D eigenvalue weighted by atomic mass is 16.6. The third-order valence-corrected chi connectivity index (χ3v) is 3.12. The van der Waals surface area contributed by atoms with Crippen molar-refractivity contribution in [2.45, 2.75) is 24.0 Å². The average molecular weight is 267 g/mol. The lowest BCUT2D eigenvalue weighted by Gasteiger charge is -2.24. The molecule has 1 aromatic rings. The van der Waals surface area contributed by atoms with E-state index in [1.807, 2.05) is 5.92 Å². The minimum atomic E-state index is -2.09. The second-order valence-electron chi connectivity index (χ2n) is 4.24. The van der Waals surface area contributed by atoms with Crippen molar-refractivity contribution < 1.29 is 25.2 Å². The van der Waals surface area contributed by atoms with Gasteiger partial charge in [0.25, 0.3) is 5.56 Å². The molecule has 0 bridgehead atoms. The first-order valence-corrected chi connectivity index (χ1v) is 5.49. The Hall–Kier alpha value is -1.85. The van der Waals surface area contributed by atoms with Crippen molar-refractivity contribution in [1.82, 2.24) is 4.57 Å². The van der Waals surface area contributed by atoms with E-state index in [0.29, 0.717) is 0 Å². The van der Waals surface area contributed by atoms with E-state index in [1.54, 1.807) is 0 Å². The summed E-state index contributed by atoms with van der Waals surface area (Å²) in [5, 5.41) is 38.3. The lowest BCUT2D eigenvalue weighted by atomic mass is 9.93. The van der Waals surface area contributed by atoms with Crippen LogP contribution in [-0.4, -0.2) is 49.4 Å². The third kappa shape index (κ3) is 2.01. The van der Waals surface area contributed by atoms with Crippen LogP contribution in [0.15, 0.2) is 23.1 Å². The number of terminal acetylenes is 1. The lowest BCUT2D eigenvalue weighted by molar-refractivity contribution is -0.0621. The van der Waals surface area contributed by atoms with Crippen LogP contribution in [0.25, 0.3) is 0 Å². The monoisotopic (exact) mass is 267 g/mol. The number of aliphatic hydroxyl groups excluding tert-OH is 2. The van der Waals surface area contributed by atoms with Crippen molar-refractivity contribution >= 4 is 0 Å². The molecule has 0 aliphatic carbocycles. The predicted molar refractivity (Wildman–Crippen MR) is 63.2 cm³/mol. The van der Waals surface area contributed by atoms with Gasteiger partial charge in [0.1, 0.15) is 18.0 Å². The number of hydrogen-bond acceptors (Lipinski definition) is 6. The molecule has 1 aliphatic rings. The van der Waals surface area contributed by atoms with Gasteiger partial charge < -0.3 is 25.2 Å². The Kier molecular flexibility index (Phi) is 3.34. The Bertz CT molecular complexity index is 576. The van der Waals surface area contributed by atoms with E-state index in [9.17, 15) is 15.0 Å². The van der Waals surface area contributed by atoms with Crippen LogP contribution in [-0.2, 0) is 4.74 Å². The summed E-state index contributed by atoms with van der Waals surface area (Å²) in [5.41, 5.74) is -2.72. The molecule has 2 rings (SSSR count). The summed E-state index contributed by atoms with van der Waals surface area (Å²) in [6, 6.07) is 2.15. The average Bonchev–Trinajstić information content (AvgIpc) is 2.63. The third-order valence-electron chi connectivity index (χ3n) is 3.12. The Morgan fingerprint density at radius 1 is 1.58 bits per heavy atom. The van der Waals surface area contributed by atoms with Gasteiger partial charge in [-0.15, -0.1) is 6.42 Å². The molecule has 4 atom stereocenters. The molecule has 2 heterocycles. The molecule has 7 nitrogen and oxygen atoms in total. The first-order chi connectivity index (χ1) is 8.93. The van der Waals surface area contributed by atoms with Gasteiger partial charge in [-0.25, -0.2) is 0 Å². The van der Waals surface area contributed by atoms with Crippen molar-refractivity contribution in [3.05, 3.63) is 28.7 Å². The Balaban J connectivity index is 2.43. The molecular formula is C12H13NO6. The van der Waals surface area contributed by atoms with E-state index in [4.69, 9.17) is 21.4 Å². The zero-order valence-electron chi connectivity index (χ0n) is 9.80. The predicted octanol–water partition coefficient (Wildman–Crippen LogP) is -1.83. The fourth-order valence-corrected chi connectivity index (χ4v) is 2.02. The van der Waals surface area contributed by atoms with Crippen molar-refractivity contribution in [3.8, 4) is 18.1 Å². The molecule has 4 N–H and O–H groups in total. The summed E-state index contributed by atoms with van der Waals surface area (Å²) < 4.78 is 6.20. The van der Waals surface area contributed by atoms with E-state index in [2.05, 4.69) is 0 Å². The molecule has 1 saturated heterocycles. The minimum absolute atomic E-state index is 0.236. The maximum Gasteiger partial charge on any atom is 0.256 e. The molecule has 0 spiro atoms. The van der Waals surface area contributed by atoms with E-state index in [1.165, 1.54) is 12.3 Å². The van der Waals surface area contributed by atoms with Crippen molar-refractivity contribution in [1.29, 1.82) is 0 Å². The second kappa shape index (κ2) is 4.68. The molecular weight excluding hydrogens is 254 g/mol. The maximum absolute atomic E-state index is 11.7. The summed E-state index contributed by atoms with van der Waals surface area (Å²) in [4.78, 5) is 11.7. The normalized spacial score (nSPS) is 34.1. The smallest absolute Gasteiger partial charge is 0.256 e. The molecule has 0 unspecified atom stereocenters. The van der Waals surface area contributed by atoms with Crippen molar-refractivity contribution in [3.63, 3.8) is 0 Å². The summed E-state index contributed by atoms with van der Waals surface area (Å²) >= 11 is 0. The van der Waals surface area contributed by atoms with E-state index in [-0.39, 0.29) is 5.75 Å². The van der Waals surface area contributed by atoms with E-state index in [0.717, 1.165) is 10.6 Å². The number of hydrogen-bond donors (Lipinski definition) is 4. The van der Waals surface area contributed by atoms with Gasteiger partial charge >= 0.3 is 0 Å². The summed E-state index contributed by atoms with van der Waals surface area (Å²) in [6.45, 7) is -0.610. The molecule has 0 aromatic carbocycles. The fraction of sp³-hybridized carbons (Fsp3) is 0.417. The summed E-state index contributed by atoms with van der Waals surface area (Å²) in [7, 11) is 0. The molecule has 1 fully saturated rings. The first kappa shape index (κ1) is 13.6. The molecule has 0 saturated carbocycles. The van der Waals surface area contributed by atoms with Crippen LogP contribution in [0.3, 0.4) is 0 Å². The number of aliphatic hydroxyl groups is 3. The van der Waals surface area contributed by atoms with Gasteiger partial charge in [-0.1, -0.05) is 5.92 Å². The SMILES string of the molecule is C#C[C@@]1(O)[C@@H](CO)O[C@@H](n2ccc(O)cc2=O)[C@@H]1O. The number of rotatable bonds is 2. The molecule has 7 heteroatoms. The molecule has 0 radical (unpaired) electrons. The van der Waals surface area contributed by atoms with Crippen LogP contribution in [0, 0.1) is 12.3 Å². The number of aromatic hydroxyl groups is 1. The molecule has 102 valence electrons. The second-order valence-corrected chi connectivity index (χ2v) is 4.24. The lowest BCUT2D eigenvalue weighted by Crippen LogP contribution is -2.48. The number of aromatic nitrogens is 1. The Morgan fingerprint density at radius 2 is 2.26 bits per heavy atom. The van der Waals surface area contributed by atoms with Gasteiger partial charge in [-0.2, -0.15) is 0 Å². The van der Waals surface area contributed by atoms with E-state index < -0.39 is 36.2 Å². The topological polar surface area (TPSA) is 112 Å². The highest BCUT2D eigenvalue weighted by Crippen LogP contribution is 2.36. The molecule has 1 aromatic heterocycles. The van der Waals surface area contributed by atoms with Gasteiger partial charge in [0.05, 0.1) is 6.61 Å². The Morgan fingerprint density at radius 3 is 2.74 bits per heavy atom. The van der Waals surface area contributed by atoms with E-state index >= 15 is 0 Å². The van der Waals surface area contributed by atoms with Gasteiger partial charge in [0.15, 0.2) is 11.8 Å². The summed E-state index contributed by atoms with van der Waals surface area (Å²) in [6.07, 6.45) is 2.30. The van der Waals surface area contributed by atoms with Crippen LogP contribution in [0.2, 0.25) is 0 Å². The largest absolute Gasteiger partial charge is 0.508 e. The van der Waals surface area contributed by atoms with Crippen molar-refractivity contribution in [2.24, 2.45) is 0 Å². The van der Waals surface area contributed by atoms with Crippen molar-refractivity contribution in [2.75, 3.05) is 6.61 Å². The van der Waals surface area contributed by atoms with Crippen LogP contribution in [0.4, 0.5) is 0 Å². The minimum Gasteiger partial charge on any atom is -0.508 e. The highest BCUT2D eigenvalue weighted by Gasteiger charge is 2.55. The molecule has 0 amide bonds. The van der Waals surface area contributed by atoms with Gasteiger partial charge in [0, 0.05) is 12.3 Å². The fourth-order valence-electron chi connectivity index (χ4n) is 2.02. The van der Waals surface area contributed by atoms with Gasteiger partial charge in [-0.3, -0.25) is 9.36 Å². The summed E-state index contributed by atoms with van der Waals surface area (Å²) in [5.74, 6) is 1.74. The van der Waals surface area contributed by atoms with Gasteiger partial charge in [0.2, 0.25) is 0 Å². The number of pyridine rings is 1. The quantitative estimate of drug-likeness (QED) is 0.469. The molecule has 19 heavy (non-hydrogen) atoms. The Labute approximate surface area is 108 Å². The standard InChI is InChI=1S/C12H13NO6/c1-2-12(18)8(6-14)19-11(10(12)17)13-4-3-7(15)5-9(13)16/h1,3-5,8,10-11,14-15,17-18H,6H2/t8-,10+,11-,12-/m1/s1. The van der Waals surface area contributed by atoms with Gasteiger partial charge in [-0.05, 0) is 6.07 Å². The number of nitrogens with zero attached hydrogens (tertiary/aromatic N) is 1. The zero-order chi connectivity index (χ0) is 14.2. The van der Waals surface area contributed by atoms with Crippen LogP contribution in [0.1, 0.15) is 6.23 Å².